The summed E-state index contributed by atoms with van der Waals surface area (Å²) in [5.41, 5.74) is 8.85. The van der Waals surface area contributed by atoms with Gasteiger partial charge in [-0.1, -0.05) is 6.42 Å². The molecule has 3 unspecified atom stereocenters. The van der Waals surface area contributed by atoms with E-state index in [1.807, 2.05) is 30.0 Å². The van der Waals surface area contributed by atoms with Crippen LogP contribution in [-0.2, 0) is 4.79 Å². The Morgan fingerprint density at radius 1 is 1.07 bits per heavy atom. The molecule has 3 N–H and O–H groups in total. The van der Waals surface area contributed by atoms with E-state index >= 15 is 0 Å². The molecular weight excluding hydrogens is 362 g/mol. The first-order chi connectivity index (χ1) is 13.9. The third-order valence-corrected chi connectivity index (χ3v) is 7.58. The van der Waals surface area contributed by atoms with Crippen LogP contribution in [0.2, 0.25) is 0 Å². The minimum Gasteiger partial charge on any atom is -0.336 e. The van der Waals surface area contributed by atoms with E-state index in [9.17, 15) is 9.59 Å². The zero-order chi connectivity index (χ0) is 20.5. The zero-order valence-corrected chi connectivity index (χ0v) is 17.8. The Balaban J connectivity index is 1.42. The van der Waals surface area contributed by atoms with Crippen LogP contribution in [0, 0.1) is 24.7 Å². The summed E-state index contributed by atoms with van der Waals surface area (Å²) in [6.07, 6.45) is 8.74. The number of benzene rings is 1. The van der Waals surface area contributed by atoms with Crippen LogP contribution in [-0.4, -0.2) is 35.3 Å². The van der Waals surface area contributed by atoms with Crippen LogP contribution in [0.4, 0.5) is 5.69 Å². The third-order valence-electron chi connectivity index (χ3n) is 7.58. The highest BCUT2D eigenvalue weighted by molar-refractivity contribution is 5.97. The number of anilines is 1. The van der Waals surface area contributed by atoms with Crippen molar-refractivity contribution in [1.29, 1.82) is 0 Å². The molecular formula is C24H35N3O2. The minimum atomic E-state index is 0.0556. The van der Waals surface area contributed by atoms with Crippen LogP contribution in [0.3, 0.4) is 0 Å². The van der Waals surface area contributed by atoms with Crippen LogP contribution in [0.1, 0.15) is 74.2 Å². The number of fused-ring (bicyclic) bond motifs is 2. The van der Waals surface area contributed by atoms with Crippen LogP contribution < -0.4 is 11.1 Å². The molecule has 0 radical (unpaired) electrons. The smallest absolute Gasteiger partial charge is 0.254 e. The average Bonchev–Trinajstić information content (AvgIpc) is 2.69. The zero-order valence-electron chi connectivity index (χ0n) is 17.8. The van der Waals surface area contributed by atoms with Crippen LogP contribution in [0.15, 0.2) is 18.2 Å². The Kier molecular flexibility index (Phi) is 5.95. The third kappa shape index (κ3) is 4.20. The van der Waals surface area contributed by atoms with Crippen LogP contribution in [0.25, 0.3) is 0 Å². The fourth-order valence-electron chi connectivity index (χ4n) is 5.74. The molecule has 2 bridgehead atoms. The van der Waals surface area contributed by atoms with Crippen LogP contribution in [0.5, 0.6) is 0 Å². The summed E-state index contributed by atoms with van der Waals surface area (Å²) in [6.45, 7) is 4.94. The Bertz CT molecular complexity index is 763. The van der Waals surface area contributed by atoms with Crippen molar-refractivity contribution < 1.29 is 9.59 Å². The maximum absolute atomic E-state index is 12.9. The van der Waals surface area contributed by atoms with E-state index in [0.29, 0.717) is 23.4 Å². The first kappa shape index (κ1) is 20.4. The first-order valence-electron chi connectivity index (χ1n) is 11.4. The Hall–Kier alpha value is -1.88. The summed E-state index contributed by atoms with van der Waals surface area (Å²) in [5, 5.41) is 3.13. The molecule has 1 aromatic rings. The van der Waals surface area contributed by atoms with Crippen molar-refractivity contribution in [2.45, 2.75) is 77.3 Å². The van der Waals surface area contributed by atoms with Crippen molar-refractivity contribution in [2.75, 3.05) is 11.9 Å². The molecule has 0 aromatic heterocycles. The van der Waals surface area contributed by atoms with Gasteiger partial charge < -0.3 is 16.0 Å². The van der Waals surface area contributed by atoms with Gasteiger partial charge in [0.05, 0.1) is 0 Å². The predicted octanol–water partition coefficient (Wildman–Crippen LogP) is 4.10. The molecule has 0 spiro atoms. The standard InChI is InChI=1S/C24H35N3O2/c1-15-12-19(24(29)27-11-4-3-6-16(27)2)9-10-21(15)26-23(28)20-13-17-7-5-8-18(14-20)22(17)25/h9-10,12,16-18,20,22H,3-8,11,13-14,25H2,1-2H3,(H,26,28). The van der Waals surface area contributed by atoms with Crippen molar-refractivity contribution in [1.82, 2.24) is 4.90 Å². The van der Waals surface area contributed by atoms with E-state index in [2.05, 4.69) is 12.2 Å². The second-order valence-corrected chi connectivity index (χ2v) is 9.56. The van der Waals surface area contributed by atoms with Crippen molar-refractivity contribution >= 4 is 17.5 Å². The summed E-state index contributed by atoms with van der Waals surface area (Å²) in [5.74, 6) is 1.25. The lowest BCUT2D eigenvalue weighted by Gasteiger charge is -2.43. The molecule has 29 heavy (non-hydrogen) atoms. The number of hydrogen-bond donors (Lipinski definition) is 2. The van der Waals surface area contributed by atoms with Gasteiger partial charge in [-0.25, -0.2) is 0 Å². The number of nitrogens with zero attached hydrogens (tertiary/aromatic N) is 1. The molecule has 2 saturated carbocycles. The lowest BCUT2D eigenvalue weighted by atomic mass is 9.65. The molecule has 3 fully saturated rings. The summed E-state index contributed by atoms with van der Waals surface area (Å²) in [6, 6.07) is 6.25. The molecule has 5 heteroatoms. The van der Waals surface area contributed by atoms with Gasteiger partial charge in [0.1, 0.15) is 0 Å². The lowest BCUT2D eigenvalue weighted by Crippen LogP contribution is -2.48. The quantitative estimate of drug-likeness (QED) is 0.806. The summed E-state index contributed by atoms with van der Waals surface area (Å²) < 4.78 is 0. The van der Waals surface area contributed by atoms with Crippen molar-refractivity contribution in [2.24, 2.45) is 23.5 Å². The number of nitrogens with one attached hydrogen (secondary N) is 1. The van der Waals surface area contributed by atoms with Gasteiger partial charge in [-0.3, -0.25) is 9.59 Å². The van der Waals surface area contributed by atoms with Crippen molar-refractivity contribution in [3.63, 3.8) is 0 Å². The highest BCUT2D eigenvalue weighted by Gasteiger charge is 2.40. The number of carbonyl (C=O) groups excluding carboxylic acids is 2. The summed E-state index contributed by atoms with van der Waals surface area (Å²) in [7, 11) is 0. The van der Waals surface area contributed by atoms with Gasteiger partial charge in [0.25, 0.3) is 5.91 Å². The molecule has 158 valence electrons. The molecule has 2 aliphatic carbocycles. The molecule has 2 amide bonds. The Morgan fingerprint density at radius 2 is 1.79 bits per heavy atom. The average molecular weight is 398 g/mol. The fraction of sp³-hybridized carbons (Fsp3) is 0.667. The van der Waals surface area contributed by atoms with E-state index in [1.54, 1.807) is 0 Å². The monoisotopic (exact) mass is 397 g/mol. The van der Waals surface area contributed by atoms with Gasteiger partial charge in [-0.2, -0.15) is 0 Å². The molecule has 5 nitrogen and oxygen atoms in total. The highest BCUT2D eigenvalue weighted by Crippen LogP contribution is 2.42. The van der Waals surface area contributed by atoms with Crippen LogP contribution >= 0.6 is 0 Å². The van der Waals surface area contributed by atoms with E-state index in [-0.39, 0.29) is 23.8 Å². The van der Waals surface area contributed by atoms with E-state index in [0.717, 1.165) is 56.3 Å². The minimum absolute atomic E-state index is 0.0556. The number of amides is 2. The number of likely N-dealkylation sites (tertiary alicyclic amines) is 1. The van der Waals surface area contributed by atoms with Crippen molar-refractivity contribution in [3.05, 3.63) is 29.3 Å². The number of rotatable bonds is 3. The second-order valence-electron chi connectivity index (χ2n) is 9.56. The number of aryl methyl sites for hydroxylation is 1. The van der Waals surface area contributed by atoms with E-state index < -0.39 is 0 Å². The second kappa shape index (κ2) is 8.47. The van der Waals surface area contributed by atoms with Gasteiger partial charge in [-0.15, -0.1) is 0 Å². The molecule has 1 aromatic carbocycles. The van der Waals surface area contributed by atoms with Crippen molar-refractivity contribution in [3.8, 4) is 0 Å². The predicted molar refractivity (Wildman–Crippen MR) is 116 cm³/mol. The van der Waals surface area contributed by atoms with Gasteiger partial charge >= 0.3 is 0 Å². The van der Waals surface area contributed by atoms with E-state index in [1.165, 1.54) is 12.8 Å². The number of hydrogen-bond acceptors (Lipinski definition) is 3. The lowest BCUT2D eigenvalue weighted by molar-refractivity contribution is -0.122. The summed E-state index contributed by atoms with van der Waals surface area (Å²) in [4.78, 5) is 27.8. The topological polar surface area (TPSA) is 75.4 Å². The molecule has 1 saturated heterocycles. The number of carbonyl (C=O) groups is 2. The molecule has 4 rings (SSSR count). The highest BCUT2D eigenvalue weighted by atomic mass is 16.2. The normalized spacial score (nSPS) is 32.0. The maximum Gasteiger partial charge on any atom is 0.254 e. The maximum atomic E-state index is 12.9. The largest absolute Gasteiger partial charge is 0.336 e. The Labute approximate surface area is 174 Å². The van der Waals surface area contributed by atoms with Gasteiger partial charge in [0.2, 0.25) is 5.91 Å². The summed E-state index contributed by atoms with van der Waals surface area (Å²) >= 11 is 0. The van der Waals surface area contributed by atoms with Gasteiger partial charge in [-0.05, 0) is 94.4 Å². The molecule has 1 heterocycles. The fourth-order valence-corrected chi connectivity index (χ4v) is 5.74. The first-order valence-corrected chi connectivity index (χ1v) is 11.4. The number of nitrogens with two attached hydrogens (primary N) is 1. The number of piperidine rings is 1. The Morgan fingerprint density at radius 3 is 2.45 bits per heavy atom. The molecule has 3 aliphatic rings. The molecule has 3 atom stereocenters. The van der Waals surface area contributed by atoms with Gasteiger partial charge in [0.15, 0.2) is 0 Å². The van der Waals surface area contributed by atoms with Gasteiger partial charge in [0, 0.05) is 35.8 Å². The molecule has 1 aliphatic heterocycles. The van der Waals surface area contributed by atoms with E-state index in [4.69, 9.17) is 5.73 Å². The SMILES string of the molecule is Cc1cc(C(=O)N2CCCCC2C)ccc1NC(=O)C1CC2CCCC(C1)C2N.